The van der Waals surface area contributed by atoms with Crippen LogP contribution < -0.4 is 5.32 Å². The van der Waals surface area contributed by atoms with E-state index in [1.165, 1.54) is 18.2 Å². The lowest BCUT2D eigenvalue weighted by Gasteiger charge is -2.09. The van der Waals surface area contributed by atoms with E-state index in [0.29, 0.717) is 22.8 Å². The fraction of sp³-hybridized carbons (Fsp3) is 0.0556. The van der Waals surface area contributed by atoms with E-state index in [9.17, 15) is 9.18 Å². The number of aryl methyl sites for hydroxylation is 1. The highest BCUT2D eigenvalue weighted by Gasteiger charge is 2.10. The van der Waals surface area contributed by atoms with E-state index in [0.717, 1.165) is 0 Å². The molecule has 5 nitrogen and oxygen atoms in total. The third-order valence-corrected chi connectivity index (χ3v) is 3.37. The topological polar surface area (TPSA) is 75.1 Å². The van der Waals surface area contributed by atoms with Crippen LogP contribution in [0.3, 0.4) is 0 Å². The van der Waals surface area contributed by atoms with Crippen LogP contribution in [0.5, 0.6) is 0 Å². The second kappa shape index (κ2) is 6.45. The van der Waals surface area contributed by atoms with E-state index < -0.39 is 5.97 Å². The zero-order valence-corrected chi connectivity index (χ0v) is 12.8. The molecule has 3 rings (SSSR count). The number of hydrogen-bond donors (Lipinski definition) is 2. The standard InChI is InChI=1S/C18H14FN3O2/c1-11-10-16(21-13-8-6-12(7-9-13)18(23)24)22-17(20-11)14-4-2-3-5-15(14)19/h2-10H,1H3,(H,23,24)(H,20,21,22). The van der Waals surface area contributed by atoms with Gasteiger partial charge in [-0.1, -0.05) is 12.1 Å². The Morgan fingerprint density at radius 2 is 1.79 bits per heavy atom. The van der Waals surface area contributed by atoms with E-state index in [4.69, 9.17) is 5.11 Å². The number of aromatic nitrogens is 2. The van der Waals surface area contributed by atoms with Crippen molar-refractivity contribution >= 4 is 17.5 Å². The van der Waals surface area contributed by atoms with Gasteiger partial charge in [0, 0.05) is 17.4 Å². The Morgan fingerprint density at radius 1 is 1.08 bits per heavy atom. The third kappa shape index (κ3) is 3.38. The van der Waals surface area contributed by atoms with E-state index in [2.05, 4.69) is 15.3 Å². The Balaban J connectivity index is 1.92. The highest BCUT2D eigenvalue weighted by Crippen LogP contribution is 2.22. The minimum atomic E-state index is -0.985. The summed E-state index contributed by atoms with van der Waals surface area (Å²) in [7, 11) is 0. The predicted octanol–water partition coefficient (Wildman–Crippen LogP) is 4.03. The minimum absolute atomic E-state index is 0.200. The molecule has 0 aliphatic rings. The van der Waals surface area contributed by atoms with E-state index in [1.54, 1.807) is 43.3 Å². The number of halogens is 1. The molecule has 0 atom stereocenters. The first kappa shape index (κ1) is 15.6. The molecule has 0 saturated heterocycles. The fourth-order valence-electron chi connectivity index (χ4n) is 2.24. The van der Waals surface area contributed by atoms with Gasteiger partial charge in [0.05, 0.1) is 11.1 Å². The molecular formula is C18H14FN3O2. The smallest absolute Gasteiger partial charge is 0.335 e. The molecule has 24 heavy (non-hydrogen) atoms. The summed E-state index contributed by atoms with van der Waals surface area (Å²) in [4.78, 5) is 19.5. The van der Waals surface area contributed by atoms with Crippen molar-refractivity contribution < 1.29 is 14.3 Å². The number of carbonyl (C=O) groups is 1. The van der Waals surface area contributed by atoms with Crippen molar-refractivity contribution in [2.24, 2.45) is 0 Å². The van der Waals surface area contributed by atoms with Crippen LogP contribution in [-0.2, 0) is 0 Å². The summed E-state index contributed by atoms with van der Waals surface area (Å²) in [6, 6.07) is 14.3. The summed E-state index contributed by atoms with van der Waals surface area (Å²) in [5.74, 6) is -0.581. The summed E-state index contributed by atoms with van der Waals surface area (Å²) in [5.41, 5.74) is 1.89. The second-order valence-corrected chi connectivity index (χ2v) is 5.21. The molecule has 0 radical (unpaired) electrons. The van der Waals surface area contributed by atoms with Crippen LogP contribution in [0, 0.1) is 12.7 Å². The first-order chi connectivity index (χ1) is 11.5. The molecule has 6 heteroatoms. The maximum Gasteiger partial charge on any atom is 0.335 e. The summed E-state index contributed by atoms with van der Waals surface area (Å²) in [5, 5.41) is 12.0. The average Bonchev–Trinajstić information content (AvgIpc) is 2.55. The van der Waals surface area contributed by atoms with Gasteiger partial charge in [-0.05, 0) is 43.3 Å². The molecule has 0 spiro atoms. The lowest BCUT2D eigenvalue weighted by atomic mass is 10.2. The normalized spacial score (nSPS) is 10.4. The Kier molecular flexibility index (Phi) is 4.20. The van der Waals surface area contributed by atoms with E-state index >= 15 is 0 Å². The maximum atomic E-state index is 13.9. The Hall–Kier alpha value is -3.28. The van der Waals surface area contributed by atoms with E-state index in [-0.39, 0.29) is 17.2 Å². The van der Waals surface area contributed by atoms with Gasteiger partial charge >= 0.3 is 5.97 Å². The van der Waals surface area contributed by atoms with Crippen molar-refractivity contribution in [1.82, 2.24) is 9.97 Å². The van der Waals surface area contributed by atoms with Crippen molar-refractivity contribution in [1.29, 1.82) is 0 Å². The van der Waals surface area contributed by atoms with Crippen LogP contribution in [-0.4, -0.2) is 21.0 Å². The number of rotatable bonds is 4. The number of carboxylic acid groups (broad SMARTS) is 1. The Bertz CT molecular complexity index is 895. The van der Waals surface area contributed by atoms with E-state index in [1.807, 2.05) is 0 Å². The zero-order valence-electron chi connectivity index (χ0n) is 12.8. The molecule has 1 aromatic heterocycles. The number of nitrogens with one attached hydrogen (secondary N) is 1. The first-order valence-electron chi connectivity index (χ1n) is 7.24. The van der Waals surface area contributed by atoms with Gasteiger partial charge in [-0.3, -0.25) is 0 Å². The molecule has 0 bridgehead atoms. The highest BCUT2D eigenvalue weighted by molar-refractivity contribution is 5.88. The van der Waals surface area contributed by atoms with Crippen LogP contribution in [0.1, 0.15) is 16.1 Å². The highest BCUT2D eigenvalue weighted by atomic mass is 19.1. The van der Waals surface area contributed by atoms with Crippen LogP contribution in [0.4, 0.5) is 15.9 Å². The number of aromatic carboxylic acids is 1. The van der Waals surface area contributed by atoms with Gasteiger partial charge in [0.1, 0.15) is 11.6 Å². The third-order valence-electron chi connectivity index (χ3n) is 3.37. The molecule has 0 saturated carbocycles. The SMILES string of the molecule is Cc1cc(Nc2ccc(C(=O)O)cc2)nc(-c2ccccc2F)n1. The minimum Gasteiger partial charge on any atom is -0.478 e. The van der Waals surface area contributed by atoms with Crippen LogP contribution >= 0.6 is 0 Å². The lowest BCUT2D eigenvalue weighted by molar-refractivity contribution is 0.0697. The first-order valence-corrected chi connectivity index (χ1v) is 7.24. The number of carboxylic acids is 1. The van der Waals surface area contributed by atoms with Gasteiger partial charge in [-0.2, -0.15) is 0 Å². The summed E-state index contributed by atoms with van der Waals surface area (Å²) in [6.07, 6.45) is 0. The zero-order chi connectivity index (χ0) is 17.1. The molecule has 2 N–H and O–H groups in total. The molecule has 0 fully saturated rings. The Labute approximate surface area is 137 Å². The molecule has 3 aromatic rings. The molecule has 0 aliphatic heterocycles. The van der Waals surface area contributed by atoms with Crippen molar-refractivity contribution in [3.63, 3.8) is 0 Å². The van der Waals surface area contributed by atoms with Gasteiger partial charge in [-0.25, -0.2) is 19.2 Å². The average molecular weight is 323 g/mol. The number of hydrogen-bond acceptors (Lipinski definition) is 4. The molecule has 0 aliphatic carbocycles. The van der Waals surface area contributed by atoms with Crippen molar-refractivity contribution in [3.05, 3.63) is 71.7 Å². The van der Waals surface area contributed by atoms with Gasteiger partial charge < -0.3 is 10.4 Å². The summed E-state index contributed by atoms with van der Waals surface area (Å²) < 4.78 is 13.9. The Morgan fingerprint density at radius 3 is 2.46 bits per heavy atom. The van der Waals surface area contributed by atoms with Gasteiger partial charge in [0.2, 0.25) is 0 Å². The molecule has 2 aromatic carbocycles. The van der Waals surface area contributed by atoms with Crippen LogP contribution in [0.15, 0.2) is 54.6 Å². The van der Waals surface area contributed by atoms with Crippen molar-refractivity contribution in [2.75, 3.05) is 5.32 Å². The number of benzene rings is 2. The van der Waals surface area contributed by atoms with Crippen LogP contribution in [0.2, 0.25) is 0 Å². The van der Waals surface area contributed by atoms with Crippen LogP contribution in [0.25, 0.3) is 11.4 Å². The molecule has 1 heterocycles. The maximum absolute atomic E-state index is 13.9. The molecule has 120 valence electrons. The second-order valence-electron chi connectivity index (χ2n) is 5.21. The van der Waals surface area contributed by atoms with Crippen molar-refractivity contribution in [3.8, 4) is 11.4 Å². The predicted molar refractivity (Wildman–Crippen MR) is 88.8 cm³/mol. The van der Waals surface area contributed by atoms with Gasteiger partial charge in [-0.15, -0.1) is 0 Å². The number of anilines is 2. The quantitative estimate of drug-likeness (QED) is 0.758. The number of nitrogens with zero attached hydrogens (tertiary/aromatic N) is 2. The molecular weight excluding hydrogens is 309 g/mol. The lowest BCUT2D eigenvalue weighted by Crippen LogP contribution is -2.01. The van der Waals surface area contributed by atoms with Gasteiger partial charge in [0.25, 0.3) is 0 Å². The largest absolute Gasteiger partial charge is 0.478 e. The van der Waals surface area contributed by atoms with Gasteiger partial charge in [0.15, 0.2) is 5.82 Å². The summed E-state index contributed by atoms with van der Waals surface area (Å²) >= 11 is 0. The fourth-order valence-corrected chi connectivity index (χ4v) is 2.24. The monoisotopic (exact) mass is 323 g/mol. The van der Waals surface area contributed by atoms with Crippen molar-refractivity contribution in [2.45, 2.75) is 6.92 Å². The summed E-state index contributed by atoms with van der Waals surface area (Å²) in [6.45, 7) is 1.80. The molecule has 0 unspecified atom stereocenters. The molecule has 0 amide bonds.